The van der Waals surface area contributed by atoms with Crippen LogP contribution in [0.5, 0.6) is 0 Å². The van der Waals surface area contributed by atoms with Gasteiger partial charge < -0.3 is 0 Å². The summed E-state index contributed by atoms with van der Waals surface area (Å²) in [6.45, 7) is 7.60. The fraction of sp³-hybridized carbons (Fsp3) is 0.520. The third kappa shape index (κ3) is 3.60. The quantitative estimate of drug-likeness (QED) is 0.493. The van der Waals surface area contributed by atoms with Crippen LogP contribution in [0.2, 0.25) is 0 Å². The summed E-state index contributed by atoms with van der Waals surface area (Å²) in [5.74, 6) is 0. The van der Waals surface area contributed by atoms with E-state index in [-0.39, 0.29) is 38.7 Å². The monoisotopic (exact) mass is 448 g/mol. The van der Waals surface area contributed by atoms with Crippen LogP contribution in [-0.2, 0) is 0 Å². The van der Waals surface area contributed by atoms with Gasteiger partial charge in [0.25, 0.3) is 22.2 Å². The molecule has 3 aromatic rings. The van der Waals surface area contributed by atoms with Gasteiger partial charge in [-0.25, -0.2) is 0 Å². The van der Waals surface area contributed by atoms with Crippen molar-refractivity contribution in [2.45, 2.75) is 84.7 Å². The van der Waals surface area contributed by atoms with E-state index in [1.54, 1.807) is 6.92 Å². The number of hydrogen-bond acceptors (Lipinski definition) is 6. The smallest absolute Gasteiger partial charge is 0.263 e. The van der Waals surface area contributed by atoms with Gasteiger partial charge in [0.15, 0.2) is 0 Å². The van der Waals surface area contributed by atoms with Gasteiger partial charge in [-0.05, 0) is 26.2 Å². The van der Waals surface area contributed by atoms with Gasteiger partial charge in [0.05, 0.1) is 32.7 Å². The van der Waals surface area contributed by atoms with Crippen molar-refractivity contribution in [3.05, 3.63) is 52.5 Å². The normalized spacial score (nSPS) is 13.3. The first-order valence-corrected chi connectivity index (χ1v) is 11.6. The first-order chi connectivity index (χ1) is 15.8. The molecule has 0 bridgehead atoms. The van der Waals surface area contributed by atoms with Crippen LogP contribution in [0, 0.1) is 22.7 Å². The SMILES string of the molecule is CCCCC(C)n1c(=O)c2c(C#N)c3c(=O)n(C(CC)CCCC)c(=O)c3c(C#N)c2c1=O. The van der Waals surface area contributed by atoms with Gasteiger partial charge in [0, 0.05) is 12.1 Å². The molecule has 0 N–H and O–H groups in total. The zero-order chi connectivity index (χ0) is 24.4. The molecule has 33 heavy (non-hydrogen) atoms. The molecule has 0 aliphatic carbocycles. The van der Waals surface area contributed by atoms with Crippen LogP contribution in [0.3, 0.4) is 0 Å². The summed E-state index contributed by atoms with van der Waals surface area (Å²) in [5, 5.41) is 18.9. The van der Waals surface area contributed by atoms with Crippen LogP contribution in [0.25, 0.3) is 21.5 Å². The van der Waals surface area contributed by atoms with Gasteiger partial charge in [-0.15, -0.1) is 0 Å². The van der Waals surface area contributed by atoms with E-state index in [9.17, 15) is 29.7 Å². The second-order valence-corrected chi connectivity index (χ2v) is 8.63. The third-order valence-corrected chi connectivity index (χ3v) is 6.60. The maximum Gasteiger partial charge on any atom is 0.263 e. The lowest BCUT2D eigenvalue weighted by Gasteiger charge is -2.14. The number of nitrogens with zero attached hydrogens (tertiary/aromatic N) is 4. The molecule has 2 unspecified atom stereocenters. The zero-order valence-corrected chi connectivity index (χ0v) is 19.5. The number of rotatable bonds is 9. The van der Waals surface area contributed by atoms with Crippen molar-refractivity contribution in [2.75, 3.05) is 0 Å². The van der Waals surface area contributed by atoms with Gasteiger partial charge in [-0.2, -0.15) is 10.5 Å². The Labute approximate surface area is 191 Å². The molecule has 8 heteroatoms. The number of unbranched alkanes of at least 4 members (excludes halogenated alkanes) is 2. The maximum atomic E-state index is 13.4. The fourth-order valence-corrected chi connectivity index (χ4v) is 4.81. The van der Waals surface area contributed by atoms with Crippen molar-refractivity contribution < 1.29 is 0 Å². The molecule has 0 saturated heterocycles. The van der Waals surface area contributed by atoms with Crippen LogP contribution < -0.4 is 22.2 Å². The summed E-state index contributed by atoms with van der Waals surface area (Å²) in [4.78, 5) is 53.4. The number of benzene rings is 1. The predicted octanol–water partition coefficient (Wildman–Crippen LogP) is 3.55. The molecule has 0 spiro atoms. The molecule has 2 heterocycles. The van der Waals surface area contributed by atoms with Gasteiger partial charge >= 0.3 is 0 Å². The summed E-state index contributed by atoms with van der Waals surface area (Å²) in [7, 11) is 0. The highest BCUT2D eigenvalue weighted by Crippen LogP contribution is 2.28. The van der Waals surface area contributed by atoms with E-state index in [2.05, 4.69) is 0 Å². The van der Waals surface area contributed by atoms with E-state index >= 15 is 0 Å². The van der Waals surface area contributed by atoms with E-state index in [1.165, 1.54) is 0 Å². The standard InChI is InChI=1S/C25H28N4O4/c1-5-8-10-14(4)28-22(30)18-16(12-26)20-21(17(13-27)19(18)23(28)31)25(33)29(24(20)32)15(7-3)11-9-6-2/h14-15H,5-11H2,1-4H3. The zero-order valence-electron chi connectivity index (χ0n) is 19.5. The van der Waals surface area contributed by atoms with E-state index in [4.69, 9.17) is 0 Å². The summed E-state index contributed by atoms with van der Waals surface area (Å²) >= 11 is 0. The number of hydrogen-bond donors (Lipinski definition) is 0. The molecule has 172 valence electrons. The second kappa shape index (κ2) is 9.54. The van der Waals surface area contributed by atoms with E-state index in [1.807, 2.05) is 32.9 Å². The largest absolute Gasteiger partial charge is 0.271 e. The number of aromatic nitrogens is 2. The fourth-order valence-electron chi connectivity index (χ4n) is 4.81. The average molecular weight is 449 g/mol. The third-order valence-electron chi connectivity index (χ3n) is 6.60. The Hall–Kier alpha value is -3.52. The van der Waals surface area contributed by atoms with Crippen LogP contribution in [0.15, 0.2) is 19.2 Å². The van der Waals surface area contributed by atoms with Crippen molar-refractivity contribution in [1.29, 1.82) is 10.5 Å². The lowest BCUT2D eigenvalue weighted by atomic mass is 9.98. The molecule has 0 saturated carbocycles. The molecule has 3 rings (SSSR count). The lowest BCUT2D eigenvalue weighted by Crippen LogP contribution is -2.30. The minimum atomic E-state index is -0.689. The Morgan fingerprint density at radius 3 is 1.45 bits per heavy atom. The molecule has 0 aliphatic heterocycles. The van der Waals surface area contributed by atoms with Crippen LogP contribution >= 0.6 is 0 Å². The Morgan fingerprint density at radius 2 is 1.09 bits per heavy atom. The molecule has 0 radical (unpaired) electrons. The van der Waals surface area contributed by atoms with Crippen molar-refractivity contribution in [3.8, 4) is 12.1 Å². The summed E-state index contributed by atoms with van der Waals surface area (Å²) < 4.78 is 2.16. The van der Waals surface area contributed by atoms with Gasteiger partial charge in [0.2, 0.25) is 0 Å². The Bertz CT molecular complexity index is 1410. The first-order valence-electron chi connectivity index (χ1n) is 11.6. The summed E-state index contributed by atoms with van der Waals surface area (Å²) in [6.07, 6.45) is 5.06. The van der Waals surface area contributed by atoms with Crippen molar-refractivity contribution >= 4 is 21.5 Å². The van der Waals surface area contributed by atoms with E-state index in [0.29, 0.717) is 19.3 Å². The lowest BCUT2D eigenvalue weighted by molar-refractivity contribution is 0.423. The molecule has 8 nitrogen and oxygen atoms in total. The average Bonchev–Trinajstić information content (AvgIpc) is 3.22. The predicted molar refractivity (Wildman–Crippen MR) is 127 cm³/mol. The number of fused-ring (bicyclic) bond motifs is 2. The van der Waals surface area contributed by atoms with Gasteiger partial charge in [-0.3, -0.25) is 28.3 Å². The van der Waals surface area contributed by atoms with Crippen LogP contribution in [0.1, 0.15) is 95.9 Å². The van der Waals surface area contributed by atoms with E-state index in [0.717, 1.165) is 34.8 Å². The maximum absolute atomic E-state index is 13.4. The van der Waals surface area contributed by atoms with Crippen molar-refractivity contribution in [2.24, 2.45) is 0 Å². The van der Waals surface area contributed by atoms with Crippen LogP contribution in [0.4, 0.5) is 0 Å². The molecule has 1 aromatic carbocycles. The molecule has 0 aliphatic rings. The second-order valence-electron chi connectivity index (χ2n) is 8.63. The Kier molecular flexibility index (Phi) is 6.98. The Morgan fingerprint density at radius 1 is 0.697 bits per heavy atom. The van der Waals surface area contributed by atoms with E-state index < -0.39 is 28.3 Å². The summed E-state index contributed by atoms with van der Waals surface area (Å²) in [6, 6.07) is 2.97. The molecular formula is C25H28N4O4. The molecule has 2 atom stereocenters. The van der Waals surface area contributed by atoms with Crippen molar-refractivity contribution in [1.82, 2.24) is 9.13 Å². The minimum absolute atomic E-state index is 0.225. The van der Waals surface area contributed by atoms with Crippen molar-refractivity contribution in [3.63, 3.8) is 0 Å². The molecule has 2 aromatic heterocycles. The highest BCUT2D eigenvalue weighted by molar-refractivity contribution is 6.09. The first kappa shape index (κ1) is 24.1. The molecular weight excluding hydrogens is 420 g/mol. The summed E-state index contributed by atoms with van der Waals surface area (Å²) in [5.41, 5.74) is -3.29. The minimum Gasteiger partial charge on any atom is -0.271 e. The molecule has 0 fully saturated rings. The number of nitriles is 2. The highest BCUT2D eigenvalue weighted by atomic mass is 16.2. The molecule has 0 amide bonds. The topological polar surface area (TPSA) is 126 Å². The van der Waals surface area contributed by atoms with Gasteiger partial charge in [-0.1, -0.05) is 46.5 Å². The Balaban J connectivity index is 2.53. The van der Waals surface area contributed by atoms with Crippen LogP contribution in [-0.4, -0.2) is 9.13 Å². The highest BCUT2D eigenvalue weighted by Gasteiger charge is 2.31. The van der Waals surface area contributed by atoms with Gasteiger partial charge in [0.1, 0.15) is 12.1 Å².